The number of nitrogen functional groups attached to an aromatic ring is 1. The largest absolute Gasteiger partial charge is 0.437 e. The number of carbonyl (C=O) groups is 1. The molecule has 0 radical (unpaired) electrons. The Bertz CT molecular complexity index is 1900. The molecular formula is C33H31ClF3N7O2. The molecule has 238 valence electrons. The van der Waals surface area contributed by atoms with E-state index in [2.05, 4.69) is 20.2 Å². The monoisotopic (exact) mass is 649 g/mol. The molecule has 0 bridgehead atoms. The van der Waals surface area contributed by atoms with Crippen molar-refractivity contribution in [3.63, 3.8) is 0 Å². The highest BCUT2D eigenvalue weighted by Gasteiger charge is 2.34. The number of rotatable bonds is 7. The van der Waals surface area contributed by atoms with Gasteiger partial charge < -0.3 is 25.3 Å². The number of likely N-dealkylation sites (N-methyl/N-ethyl adjacent to an activating group) is 1. The molecule has 0 unspecified atom stereocenters. The topological polar surface area (TPSA) is 102 Å². The average molecular weight is 650 g/mol. The van der Waals surface area contributed by atoms with Gasteiger partial charge in [0, 0.05) is 68.8 Å². The summed E-state index contributed by atoms with van der Waals surface area (Å²) in [5, 5.41) is 2.82. The summed E-state index contributed by atoms with van der Waals surface area (Å²) in [4.78, 5) is 26.7. The van der Waals surface area contributed by atoms with Crippen molar-refractivity contribution in [3.05, 3.63) is 94.6 Å². The molecule has 3 N–H and O–H groups in total. The number of anilines is 2. The summed E-state index contributed by atoms with van der Waals surface area (Å²) in [6.07, 6.45) is -2.80. The van der Waals surface area contributed by atoms with E-state index in [9.17, 15) is 18.0 Å². The molecule has 1 aliphatic heterocycles. The fourth-order valence-corrected chi connectivity index (χ4v) is 5.49. The fraction of sp³-hybridized carbons (Fsp3) is 0.242. The Labute approximate surface area is 268 Å². The predicted molar refractivity (Wildman–Crippen MR) is 172 cm³/mol. The van der Waals surface area contributed by atoms with Gasteiger partial charge in [-0.05, 0) is 67.2 Å². The molecule has 1 fully saturated rings. The van der Waals surface area contributed by atoms with Crippen LogP contribution in [0.4, 0.5) is 24.5 Å². The minimum atomic E-state index is -4.63. The highest BCUT2D eigenvalue weighted by molar-refractivity contribution is 6.34. The molecule has 0 spiro atoms. The lowest BCUT2D eigenvalue weighted by Gasteiger charge is -2.33. The maximum Gasteiger partial charge on any atom is 0.416 e. The van der Waals surface area contributed by atoms with Crippen LogP contribution in [0.1, 0.15) is 21.5 Å². The number of benzene rings is 3. The number of hydrogen-bond acceptors (Lipinski definition) is 7. The van der Waals surface area contributed by atoms with Crippen molar-refractivity contribution in [2.45, 2.75) is 12.7 Å². The number of aryl methyl sites for hydroxylation is 1. The quantitative estimate of drug-likeness (QED) is 0.190. The van der Waals surface area contributed by atoms with Gasteiger partial charge in [0.15, 0.2) is 5.82 Å². The highest BCUT2D eigenvalue weighted by Crippen LogP contribution is 2.36. The van der Waals surface area contributed by atoms with Gasteiger partial charge in [0.2, 0.25) is 5.88 Å². The van der Waals surface area contributed by atoms with Crippen LogP contribution >= 0.6 is 11.6 Å². The van der Waals surface area contributed by atoms with Gasteiger partial charge >= 0.3 is 6.18 Å². The van der Waals surface area contributed by atoms with Gasteiger partial charge in [-0.2, -0.15) is 18.2 Å². The van der Waals surface area contributed by atoms with E-state index in [1.165, 1.54) is 24.3 Å². The molecule has 0 saturated carbocycles. The Morgan fingerprint density at radius 3 is 2.43 bits per heavy atom. The molecule has 0 atom stereocenters. The molecule has 3 heterocycles. The van der Waals surface area contributed by atoms with E-state index in [0.29, 0.717) is 41.4 Å². The zero-order valence-corrected chi connectivity index (χ0v) is 25.9. The van der Waals surface area contributed by atoms with Crippen molar-refractivity contribution < 1.29 is 22.7 Å². The number of aromatic nitrogens is 3. The third-order valence-electron chi connectivity index (χ3n) is 7.92. The molecule has 1 saturated heterocycles. The van der Waals surface area contributed by atoms with E-state index < -0.39 is 17.6 Å². The molecular weight excluding hydrogens is 619 g/mol. The number of hydrogen-bond donors (Lipinski definition) is 2. The van der Waals surface area contributed by atoms with Crippen molar-refractivity contribution in [3.8, 4) is 23.0 Å². The zero-order chi connectivity index (χ0) is 32.6. The van der Waals surface area contributed by atoms with Crippen LogP contribution in [-0.4, -0.2) is 63.5 Å². The van der Waals surface area contributed by atoms with Crippen LogP contribution in [0.3, 0.4) is 0 Å². The summed E-state index contributed by atoms with van der Waals surface area (Å²) in [5.41, 5.74) is 7.77. The normalized spacial score (nSPS) is 14.5. The first kappa shape index (κ1) is 31.3. The molecule has 0 aliphatic carbocycles. The predicted octanol–water partition coefficient (Wildman–Crippen LogP) is 6.68. The van der Waals surface area contributed by atoms with Crippen molar-refractivity contribution >= 4 is 39.9 Å². The van der Waals surface area contributed by atoms with Gasteiger partial charge in [0.1, 0.15) is 11.3 Å². The van der Waals surface area contributed by atoms with Crippen LogP contribution in [0, 0.1) is 0 Å². The molecule has 46 heavy (non-hydrogen) atoms. The summed E-state index contributed by atoms with van der Waals surface area (Å²) in [7, 11) is 3.82. The maximum absolute atomic E-state index is 14.1. The summed E-state index contributed by atoms with van der Waals surface area (Å²) in [5.74, 6) is 0.235. The van der Waals surface area contributed by atoms with E-state index in [1.807, 2.05) is 48.0 Å². The summed E-state index contributed by atoms with van der Waals surface area (Å²) < 4.78 is 50.4. The van der Waals surface area contributed by atoms with Crippen LogP contribution in [-0.2, 0) is 19.8 Å². The van der Waals surface area contributed by atoms with Gasteiger partial charge in [-0.3, -0.25) is 9.69 Å². The fourth-order valence-electron chi connectivity index (χ4n) is 5.32. The van der Waals surface area contributed by atoms with Crippen LogP contribution < -0.4 is 15.8 Å². The Morgan fingerprint density at radius 2 is 1.72 bits per heavy atom. The number of nitrogens with two attached hydrogens (primary N) is 1. The lowest BCUT2D eigenvalue weighted by atomic mass is 10.0. The number of ether oxygens (including phenoxy) is 1. The number of amides is 1. The first-order valence-corrected chi connectivity index (χ1v) is 14.9. The molecule has 5 aromatic rings. The molecule has 6 rings (SSSR count). The smallest absolute Gasteiger partial charge is 0.416 e. The number of halogens is 4. The van der Waals surface area contributed by atoms with Gasteiger partial charge in [0.05, 0.1) is 21.8 Å². The number of nitrogens with zero attached hydrogens (tertiary/aromatic N) is 5. The average Bonchev–Trinajstić information content (AvgIpc) is 3.40. The van der Waals surface area contributed by atoms with Crippen LogP contribution in [0.25, 0.3) is 22.4 Å². The minimum Gasteiger partial charge on any atom is -0.437 e. The van der Waals surface area contributed by atoms with Crippen LogP contribution in [0.15, 0.2) is 72.9 Å². The van der Waals surface area contributed by atoms with Gasteiger partial charge in [-0.1, -0.05) is 17.7 Å². The first-order valence-electron chi connectivity index (χ1n) is 14.5. The van der Waals surface area contributed by atoms with Crippen LogP contribution in [0.2, 0.25) is 5.02 Å². The lowest BCUT2D eigenvalue weighted by molar-refractivity contribution is -0.138. The second-order valence-electron chi connectivity index (χ2n) is 11.3. The van der Waals surface area contributed by atoms with Crippen molar-refractivity contribution in [1.29, 1.82) is 0 Å². The molecule has 2 aromatic heterocycles. The first-order chi connectivity index (χ1) is 21.9. The van der Waals surface area contributed by atoms with E-state index >= 15 is 0 Å². The number of alkyl halides is 3. The van der Waals surface area contributed by atoms with Gasteiger partial charge in [-0.15, -0.1) is 0 Å². The number of carbonyl (C=O) groups excluding carboxylic acids is 1. The number of fused-ring (bicyclic) bond motifs is 1. The maximum atomic E-state index is 14.1. The molecule has 1 aliphatic rings. The minimum absolute atomic E-state index is 0.122. The van der Waals surface area contributed by atoms with Crippen molar-refractivity contribution in [2.24, 2.45) is 7.05 Å². The summed E-state index contributed by atoms with van der Waals surface area (Å²) in [6, 6.07) is 17.2. The van der Waals surface area contributed by atoms with E-state index in [1.54, 1.807) is 18.2 Å². The van der Waals surface area contributed by atoms with Crippen molar-refractivity contribution in [2.75, 3.05) is 44.3 Å². The Balaban J connectivity index is 1.25. The Hall–Kier alpha value is -4.65. The Kier molecular flexibility index (Phi) is 8.60. The zero-order valence-electron chi connectivity index (χ0n) is 25.1. The Morgan fingerprint density at radius 1 is 0.978 bits per heavy atom. The third-order valence-corrected chi connectivity index (χ3v) is 8.25. The van der Waals surface area contributed by atoms with Crippen molar-refractivity contribution in [1.82, 2.24) is 24.3 Å². The standard InChI is InChI=1S/C33H31ClF3N7O2/c1-42-13-15-44(16-14-42)19-22-4-3-21(17-25(22)33(35,36)37)31(45)40-28-18-24(9-10-26(28)34)46-32-29-27(11-12-43(29)2)39-30(41-32)20-5-7-23(38)8-6-20/h3-12,17-18H,13-16,19,38H2,1-2H3,(H,40,45). The van der Waals surface area contributed by atoms with E-state index in [4.69, 9.17) is 22.1 Å². The number of nitrogens with one attached hydrogen (secondary N) is 1. The second kappa shape index (κ2) is 12.6. The van der Waals surface area contributed by atoms with E-state index in [-0.39, 0.29) is 34.3 Å². The molecule has 3 aromatic carbocycles. The number of piperazine rings is 1. The third kappa shape index (κ3) is 6.79. The van der Waals surface area contributed by atoms with E-state index in [0.717, 1.165) is 24.7 Å². The summed E-state index contributed by atoms with van der Waals surface area (Å²) >= 11 is 6.40. The lowest BCUT2D eigenvalue weighted by Crippen LogP contribution is -2.44. The van der Waals surface area contributed by atoms with Crippen LogP contribution in [0.5, 0.6) is 11.6 Å². The second-order valence-corrected chi connectivity index (χ2v) is 11.7. The molecule has 1 amide bonds. The summed E-state index contributed by atoms with van der Waals surface area (Å²) in [6.45, 7) is 3.04. The molecule has 13 heteroatoms. The SMILES string of the molecule is CN1CCN(Cc2ccc(C(=O)Nc3cc(Oc4nc(-c5ccc(N)cc5)nc5ccn(C)c45)ccc3Cl)cc2C(F)(F)F)CC1. The molecule has 9 nitrogen and oxygen atoms in total. The van der Waals surface area contributed by atoms with Gasteiger partial charge in [0.25, 0.3) is 5.91 Å². The highest BCUT2D eigenvalue weighted by atomic mass is 35.5. The van der Waals surface area contributed by atoms with Gasteiger partial charge in [-0.25, -0.2) is 4.98 Å².